The van der Waals surface area contributed by atoms with E-state index >= 15 is 0 Å². The molecule has 0 bridgehead atoms. The Balaban J connectivity index is 1.81. The maximum absolute atomic E-state index is 5.81. The summed E-state index contributed by atoms with van der Waals surface area (Å²) < 4.78 is 16.8. The fourth-order valence-corrected chi connectivity index (χ4v) is 4.38. The number of benzene rings is 2. The molecule has 0 radical (unpaired) electrons. The number of allylic oxidation sites excluding steroid dienone is 1. The van der Waals surface area contributed by atoms with Crippen LogP contribution in [-0.2, 0) is 0 Å². The maximum atomic E-state index is 5.81. The topological polar surface area (TPSA) is 72.7 Å². The van der Waals surface area contributed by atoms with E-state index in [9.17, 15) is 0 Å². The molecule has 178 valence electrons. The highest BCUT2D eigenvalue weighted by Gasteiger charge is 2.34. The van der Waals surface area contributed by atoms with Gasteiger partial charge in [0.15, 0.2) is 16.6 Å². The molecule has 0 spiro atoms. The van der Waals surface area contributed by atoms with Crippen molar-refractivity contribution in [3.63, 3.8) is 0 Å². The Morgan fingerprint density at radius 1 is 1.09 bits per heavy atom. The Morgan fingerprint density at radius 3 is 2.50 bits per heavy atom. The number of thiocarbonyl (C=S) groups is 1. The van der Waals surface area contributed by atoms with E-state index in [-0.39, 0.29) is 6.04 Å². The summed E-state index contributed by atoms with van der Waals surface area (Å²) >= 11 is 5.79. The first kappa shape index (κ1) is 23.8. The molecule has 2 heterocycles. The third-order valence-corrected chi connectivity index (χ3v) is 6.29. The van der Waals surface area contributed by atoms with E-state index < -0.39 is 0 Å². The normalized spacial score (nSPS) is 16.1. The van der Waals surface area contributed by atoms with E-state index in [0.717, 1.165) is 35.4 Å². The molecule has 0 fully saturated rings. The van der Waals surface area contributed by atoms with Gasteiger partial charge in [-0.1, -0.05) is 55.4 Å². The predicted octanol–water partition coefficient (Wildman–Crippen LogP) is 5.46. The molecule has 0 saturated carbocycles. The molecule has 1 unspecified atom stereocenters. The van der Waals surface area contributed by atoms with Crippen LogP contribution in [0.4, 0.5) is 0 Å². The molecule has 7 nitrogen and oxygen atoms in total. The zero-order chi connectivity index (χ0) is 24.2. The van der Waals surface area contributed by atoms with Crippen LogP contribution in [0.2, 0.25) is 0 Å². The predicted molar refractivity (Wildman–Crippen MR) is 137 cm³/mol. The molecule has 1 aromatic heterocycles. The van der Waals surface area contributed by atoms with E-state index in [2.05, 4.69) is 36.1 Å². The van der Waals surface area contributed by atoms with Crippen molar-refractivity contribution >= 4 is 22.9 Å². The number of nitrogens with one attached hydrogen (secondary N) is 1. The molecule has 8 heteroatoms. The van der Waals surface area contributed by atoms with Gasteiger partial charge in [0.25, 0.3) is 5.89 Å². The van der Waals surface area contributed by atoms with Crippen molar-refractivity contribution in [2.24, 2.45) is 5.92 Å². The highest BCUT2D eigenvalue weighted by atomic mass is 32.1. The van der Waals surface area contributed by atoms with Crippen molar-refractivity contribution in [1.29, 1.82) is 0 Å². The zero-order valence-electron chi connectivity index (χ0n) is 20.2. The van der Waals surface area contributed by atoms with Crippen LogP contribution in [-0.4, -0.2) is 40.9 Å². The van der Waals surface area contributed by atoms with E-state index in [4.69, 9.17) is 31.2 Å². The number of hydrogen-bond donors (Lipinski definition) is 1. The summed E-state index contributed by atoms with van der Waals surface area (Å²) in [7, 11) is 3.25. The van der Waals surface area contributed by atoms with Crippen LogP contribution in [0.3, 0.4) is 0 Å². The molecular weight excluding hydrogens is 448 g/mol. The SMILES string of the molecule is COc1ccc(C2NC(=S)N(CCC(C)C)C(C)=C2c2nc(-c3ccccc3)no2)cc1OC. The molecule has 0 saturated heterocycles. The first-order chi connectivity index (χ1) is 16.4. The second kappa shape index (κ2) is 10.3. The van der Waals surface area contributed by atoms with Gasteiger partial charge in [0.2, 0.25) is 5.82 Å². The maximum Gasteiger partial charge on any atom is 0.258 e. The summed E-state index contributed by atoms with van der Waals surface area (Å²) in [6, 6.07) is 15.3. The van der Waals surface area contributed by atoms with Gasteiger partial charge >= 0.3 is 0 Å². The number of methoxy groups -OCH3 is 2. The summed E-state index contributed by atoms with van der Waals surface area (Å²) in [5, 5.41) is 8.43. The highest BCUT2D eigenvalue weighted by molar-refractivity contribution is 7.80. The molecule has 1 N–H and O–H groups in total. The smallest absolute Gasteiger partial charge is 0.258 e. The van der Waals surface area contributed by atoms with Crippen LogP contribution < -0.4 is 14.8 Å². The third kappa shape index (κ3) is 4.77. The average molecular weight is 479 g/mol. The molecule has 1 atom stereocenters. The van der Waals surface area contributed by atoms with Gasteiger partial charge in [-0.2, -0.15) is 4.98 Å². The first-order valence-corrected chi connectivity index (χ1v) is 11.7. The Labute approximate surface area is 205 Å². The fraction of sp³-hybridized carbons (Fsp3) is 0.346. The van der Waals surface area contributed by atoms with Gasteiger partial charge < -0.3 is 24.2 Å². The number of rotatable bonds is 8. The average Bonchev–Trinajstić information content (AvgIpc) is 3.33. The van der Waals surface area contributed by atoms with Crippen molar-refractivity contribution in [3.05, 3.63) is 65.7 Å². The lowest BCUT2D eigenvalue weighted by Crippen LogP contribution is -2.46. The standard InChI is InChI=1S/C26H30N4O3S/c1-16(2)13-14-30-17(3)22(25-28-24(29-33-25)18-9-7-6-8-10-18)23(27-26(30)34)19-11-12-20(31-4)21(15-19)32-5/h6-12,15-16,23H,13-14H2,1-5H3,(H,27,34). The van der Waals surface area contributed by atoms with Crippen LogP contribution in [0.5, 0.6) is 11.5 Å². The van der Waals surface area contributed by atoms with Gasteiger partial charge in [0, 0.05) is 17.8 Å². The van der Waals surface area contributed by atoms with Gasteiger partial charge in [-0.25, -0.2) is 0 Å². The molecule has 0 amide bonds. The van der Waals surface area contributed by atoms with Gasteiger partial charge in [-0.15, -0.1) is 0 Å². The molecule has 34 heavy (non-hydrogen) atoms. The van der Waals surface area contributed by atoms with Gasteiger partial charge in [0.1, 0.15) is 0 Å². The summed E-state index contributed by atoms with van der Waals surface area (Å²) in [5.74, 6) is 2.86. The molecule has 3 aromatic rings. The quantitative estimate of drug-likeness (QED) is 0.428. The summed E-state index contributed by atoms with van der Waals surface area (Å²) in [6.07, 6.45) is 1.01. The second-order valence-electron chi connectivity index (χ2n) is 8.62. The van der Waals surface area contributed by atoms with Crippen molar-refractivity contribution < 1.29 is 14.0 Å². The molecule has 1 aliphatic rings. The van der Waals surface area contributed by atoms with Crippen LogP contribution in [0.25, 0.3) is 17.0 Å². The van der Waals surface area contributed by atoms with E-state index in [1.807, 2.05) is 48.5 Å². The number of ether oxygens (including phenoxy) is 2. The van der Waals surface area contributed by atoms with E-state index in [0.29, 0.717) is 34.2 Å². The lowest BCUT2D eigenvalue weighted by Gasteiger charge is -2.37. The molecule has 2 aromatic carbocycles. The molecular formula is C26H30N4O3S. The van der Waals surface area contributed by atoms with Crippen molar-refractivity contribution in [2.45, 2.75) is 33.2 Å². The van der Waals surface area contributed by atoms with Crippen molar-refractivity contribution in [2.75, 3.05) is 20.8 Å². The number of hydrogen-bond acceptors (Lipinski definition) is 6. The fourth-order valence-electron chi connectivity index (χ4n) is 4.03. The molecule has 0 aliphatic carbocycles. The second-order valence-corrected chi connectivity index (χ2v) is 9.01. The minimum Gasteiger partial charge on any atom is -0.493 e. The minimum absolute atomic E-state index is 0.285. The van der Waals surface area contributed by atoms with Crippen molar-refractivity contribution in [3.8, 4) is 22.9 Å². The monoisotopic (exact) mass is 478 g/mol. The Morgan fingerprint density at radius 2 is 1.82 bits per heavy atom. The van der Waals surface area contributed by atoms with Gasteiger partial charge in [0.05, 0.1) is 25.8 Å². The van der Waals surface area contributed by atoms with Crippen LogP contribution in [0.15, 0.2) is 58.8 Å². The Bertz CT molecular complexity index is 1190. The zero-order valence-corrected chi connectivity index (χ0v) is 21.0. The highest BCUT2D eigenvalue weighted by Crippen LogP contribution is 2.40. The Kier molecular flexibility index (Phi) is 7.17. The largest absolute Gasteiger partial charge is 0.493 e. The first-order valence-electron chi connectivity index (χ1n) is 11.3. The van der Waals surface area contributed by atoms with Crippen LogP contribution >= 0.6 is 12.2 Å². The summed E-state index contributed by atoms with van der Waals surface area (Å²) in [5.41, 5.74) is 3.73. The third-order valence-electron chi connectivity index (χ3n) is 5.96. The molecule has 1 aliphatic heterocycles. The molecule has 4 rings (SSSR count). The Hall–Kier alpha value is -3.39. The van der Waals surface area contributed by atoms with Gasteiger partial charge in [-0.05, 0) is 49.2 Å². The van der Waals surface area contributed by atoms with Crippen LogP contribution in [0, 0.1) is 5.92 Å². The number of aromatic nitrogens is 2. The van der Waals surface area contributed by atoms with Crippen molar-refractivity contribution in [1.82, 2.24) is 20.4 Å². The minimum atomic E-state index is -0.285. The lowest BCUT2D eigenvalue weighted by molar-refractivity contribution is 0.354. The van der Waals surface area contributed by atoms with E-state index in [1.165, 1.54) is 0 Å². The van der Waals surface area contributed by atoms with E-state index in [1.54, 1.807) is 14.2 Å². The van der Waals surface area contributed by atoms with Gasteiger partial charge in [-0.3, -0.25) is 0 Å². The summed E-state index contributed by atoms with van der Waals surface area (Å²) in [4.78, 5) is 6.88. The van der Waals surface area contributed by atoms with Crippen LogP contribution in [0.1, 0.15) is 44.7 Å². The lowest BCUT2D eigenvalue weighted by atomic mass is 9.94. The number of nitrogens with zero attached hydrogens (tertiary/aromatic N) is 3. The summed E-state index contributed by atoms with van der Waals surface area (Å²) in [6.45, 7) is 7.27.